The van der Waals surface area contributed by atoms with Crippen molar-refractivity contribution in [1.82, 2.24) is 26.2 Å². The normalized spacial score (nSPS) is 25.0. The zero-order valence-corrected chi connectivity index (χ0v) is 32.0. The SMILES string of the molecule is C=CCNC(=C)C(=C)C(CCC)NC(=O)C1CCCN1C(=C)C(NC(=O)NC1(CS(=C)(=C)C(C)(C)C)CCC(C)CC1)C1CCCCC1. The van der Waals surface area contributed by atoms with Crippen molar-refractivity contribution < 1.29 is 9.59 Å². The number of urea groups is 1. The average molecular weight is 684 g/mol. The van der Waals surface area contributed by atoms with E-state index in [1.807, 2.05) is 0 Å². The van der Waals surface area contributed by atoms with Gasteiger partial charge >= 0.3 is 6.03 Å². The number of nitrogens with one attached hydrogen (secondary N) is 4. The Kier molecular flexibility index (Phi) is 14.4. The molecular weight excluding hydrogens is 615 g/mol. The van der Waals surface area contributed by atoms with Gasteiger partial charge in [0.1, 0.15) is 6.04 Å². The molecule has 1 saturated heterocycles. The summed E-state index contributed by atoms with van der Waals surface area (Å²) in [5.41, 5.74) is 2.05. The lowest BCUT2D eigenvalue weighted by Gasteiger charge is -2.45. The zero-order valence-electron chi connectivity index (χ0n) is 31.2. The van der Waals surface area contributed by atoms with Crippen LogP contribution in [0.3, 0.4) is 0 Å². The summed E-state index contributed by atoms with van der Waals surface area (Å²) in [4.78, 5) is 30.2. The number of carbonyl (C=O) groups is 2. The molecule has 8 heteroatoms. The molecule has 48 heavy (non-hydrogen) atoms. The topological polar surface area (TPSA) is 85.5 Å². The van der Waals surface area contributed by atoms with Crippen LogP contribution in [0.5, 0.6) is 0 Å². The Morgan fingerprint density at radius 3 is 2.21 bits per heavy atom. The highest BCUT2D eigenvalue weighted by Crippen LogP contribution is 2.44. The second-order valence-corrected chi connectivity index (χ2v) is 19.7. The van der Waals surface area contributed by atoms with E-state index >= 15 is 0 Å². The number of hydrogen-bond donors (Lipinski definition) is 4. The highest BCUT2D eigenvalue weighted by Gasteiger charge is 2.41. The average Bonchev–Trinajstić information content (AvgIpc) is 3.53. The fraction of sp³-hybridized carbons (Fsp3) is 0.700. The van der Waals surface area contributed by atoms with Gasteiger partial charge in [-0.05, 0) is 79.9 Å². The molecule has 3 rings (SSSR count). The number of amides is 3. The van der Waals surface area contributed by atoms with Gasteiger partial charge in [-0.1, -0.05) is 97.9 Å². The molecule has 3 atom stereocenters. The van der Waals surface area contributed by atoms with E-state index in [2.05, 4.69) is 98.8 Å². The van der Waals surface area contributed by atoms with Crippen LogP contribution in [0.25, 0.3) is 0 Å². The number of hydrogen-bond acceptors (Lipinski definition) is 4. The molecule has 2 saturated carbocycles. The van der Waals surface area contributed by atoms with E-state index in [1.165, 1.54) is 6.42 Å². The number of carbonyl (C=O) groups excluding carboxylic acids is 2. The molecule has 3 aliphatic rings. The Morgan fingerprint density at radius 2 is 1.62 bits per heavy atom. The molecular formula is C40H69N5O2S. The Bertz CT molecular complexity index is 1260. The molecule has 0 spiro atoms. The van der Waals surface area contributed by atoms with Gasteiger partial charge in [0.05, 0.1) is 12.1 Å². The van der Waals surface area contributed by atoms with E-state index < -0.39 is 9.21 Å². The van der Waals surface area contributed by atoms with E-state index in [9.17, 15) is 9.59 Å². The first-order chi connectivity index (χ1) is 22.5. The summed E-state index contributed by atoms with van der Waals surface area (Å²) in [5, 5.41) is 13.5. The Labute approximate surface area is 294 Å². The van der Waals surface area contributed by atoms with Crippen molar-refractivity contribution >= 4 is 32.9 Å². The minimum atomic E-state index is -1.48. The standard InChI is InChI=1S/C40H69N5O2S/c1-12-18-34(30(4)31(5)41-26-13-2)42-37(46)35-21-17-27-45(35)32(6)36(33-19-15-14-16-20-33)43-38(47)44-40(24-22-29(3)23-25-40)28-48(10,11)39(7,8)9/h13,29,33-36,41H,2,4-6,10-12,14-28H2,1,3,7-9H3,(H,42,46)(H2,43,44,47). The molecule has 7 nitrogen and oxygen atoms in total. The quantitative estimate of drug-likeness (QED) is 0.0762. The third-order valence-electron chi connectivity index (χ3n) is 11.3. The van der Waals surface area contributed by atoms with Gasteiger partial charge < -0.3 is 26.2 Å². The van der Waals surface area contributed by atoms with Crippen LogP contribution >= 0.6 is 9.21 Å². The number of rotatable bonds is 16. The van der Waals surface area contributed by atoms with Crippen LogP contribution in [0.15, 0.2) is 49.4 Å². The first-order valence-corrected chi connectivity index (χ1v) is 20.7. The van der Waals surface area contributed by atoms with E-state index in [-0.39, 0.29) is 46.3 Å². The van der Waals surface area contributed by atoms with E-state index in [4.69, 9.17) is 0 Å². The van der Waals surface area contributed by atoms with Gasteiger partial charge in [0.15, 0.2) is 0 Å². The highest BCUT2D eigenvalue weighted by atomic mass is 32.2. The molecule has 1 heterocycles. The second kappa shape index (κ2) is 17.4. The molecule has 0 aromatic carbocycles. The van der Waals surface area contributed by atoms with Crippen LogP contribution < -0.4 is 21.3 Å². The van der Waals surface area contributed by atoms with Crippen molar-refractivity contribution in [1.29, 1.82) is 0 Å². The van der Waals surface area contributed by atoms with Gasteiger partial charge in [-0.2, -0.15) is 0 Å². The predicted octanol–water partition coefficient (Wildman–Crippen LogP) is 7.76. The third kappa shape index (κ3) is 10.4. The molecule has 0 bridgehead atoms. The third-order valence-corrected chi connectivity index (χ3v) is 15.0. The van der Waals surface area contributed by atoms with Gasteiger partial charge in [-0.25, -0.2) is 14.0 Å². The van der Waals surface area contributed by atoms with E-state index in [0.29, 0.717) is 12.5 Å². The number of likely N-dealkylation sites (tertiary alicyclic amines) is 1. The van der Waals surface area contributed by atoms with Crippen molar-refractivity contribution in [3.63, 3.8) is 0 Å². The van der Waals surface area contributed by atoms with Crippen LogP contribution in [0, 0.1) is 11.8 Å². The lowest BCUT2D eigenvalue weighted by atomic mass is 9.78. The molecule has 3 unspecified atom stereocenters. The van der Waals surface area contributed by atoms with Crippen LogP contribution in [-0.2, 0) is 4.79 Å². The van der Waals surface area contributed by atoms with Gasteiger partial charge in [-0.15, -0.1) is 6.58 Å². The van der Waals surface area contributed by atoms with Gasteiger partial charge in [-0.3, -0.25) is 4.79 Å². The molecule has 3 fully saturated rings. The predicted molar refractivity (Wildman–Crippen MR) is 211 cm³/mol. The molecule has 3 amide bonds. The maximum atomic E-state index is 14.1. The fourth-order valence-electron chi connectivity index (χ4n) is 7.70. The summed E-state index contributed by atoms with van der Waals surface area (Å²) in [6.45, 7) is 29.2. The molecule has 4 N–H and O–H groups in total. The Hall–Kier alpha value is -2.61. The molecule has 0 aromatic rings. The molecule has 0 radical (unpaired) electrons. The van der Waals surface area contributed by atoms with E-state index in [1.54, 1.807) is 6.08 Å². The summed E-state index contributed by atoms with van der Waals surface area (Å²) in [5.74, 6) is 11.0. The minimum absolute atomic E-state index is 0.0146. The Balaban J connectivity index is 1.81. The van der Waals surface area contributed by atoms with Crippen molar-refractivity contribution in [3.05, 3.63) is 49.4 Å². The summed E-state index contributed by atoms with van der Waals surface area (Å²) in [6.07, 6.45) is 14.8. The van der Waals surface area contributed by atoms with Crippen LogP contribution in [0.2, 0.25) is 0 Å². The summed E-state index contributed by atoms with van der Waals surface area (Å²) >= 11 is 0. The van der Waals surface area contributed by atoms with Crippen LogP contribution in [-0.4, -0.2) is 75.8 Å². The summed E-state index contributed by atoms with van der Waals surface area (Å²) in [6, 6.07) is -0.911. The smallest absolute Gasteiger partial charge is 0.315 e. The van der Waals surface area contributed by atoms with Crippen molar-refractivity contribution in [2.24, 2.45) is 11.8 Å². The monoisotopic (exact) mass is 684 g/mol. The Morgan fingerprint density at radius 1 is 0.979 bits per heavy atom. The van der Waals surface area contributed by atoms with Crippen molar-refractivity contribution in [3.8, 4) is 0 Å². The van der Waals surface area contributed by atoms with Crippen molar-refractivity contribution in [2.45, 2.75) is 147 Å². The largest absolute Gasteiger partial charge is 0.382 e. The summed E-state index contributed by atoms with van der Waals surface area (Å²) in [7, 11) is -1.48. The lowest BCUT2D eigenvalue weighted by molar-refractivity contribution is -0.125. The first-order valence-electron chi connectivity index (χ1n) is 18.6. The van der Waals surface area contributed by atoms with Crippen LogP contribution in [0.1, 0.15) is 118 Å². The second-order valence-electron chi connectivity index (χ2n) is 16.1. The highest BCUT2D eigenvalue weighted by molar-refractivity contribution is 8.28. The van der Waals surface area contributed by atoms with Gasteiger partial charge in [0, 0.05) is 35.8 Å². The maximum Gasteiger partial charge on any atom is 0.315 e. The lowest BCUT2D eigenvalue weighted by Crippen LogP contribution is -2.59. The summed E-state index contributed by atoms with van der Waals surface area (Å²) < 4.78 is -0.0245. The van der Waals surface area contributed by atoms with E-state index in [0.717, 1.165) is 106 Å². The number of nitrogens with zero attached hydrogens (tertiary/aromatic N) is 1. The van der Waals surface area contributed by atoms with Gasteiger partial charge in [0.25, 0.3) is 0 Å². The molecule has 272 valence electrons. The van der Waals surface area contributed by atoms with Crippen molar-refractivity contribution in [2.75, 3.05) is 18.8 Å². The maximum absolute atomic E-state index is 14.1. The minimum Gasteiger partial charge on any atom is -0.382 e. The molecule has 2 aliphatic carbocycles. The fourth-order valence-corrected chi connectivity index (χ4v) is 9.55. The van der Waals surface area contributed by atoms with Crippen LogP contribution in [0.4, 0.5) is 4.79 Å². The molecule has 1 aliphatic heterocycles. The van der Waals surface area contributed by atoms with Gasteiger partial charge in [0.2, 0.25) is 5.91 Å². The molecule has 0 aromatic heterocycles. The zero-order chi connectivity index (χ0) is 35.7. The first kappa shape index (κ1) is 39.8.